The van der Waals surface area contributed by atoms with Crippen molar-refractivity contribution in [2.24, 2.45) is 0 Å². The number of benzene rings is 1. The van der Waals surface area contributed by atoms with Gasteiger partial charge in [0.1, 0.15) is 11.8 Å². The van der Waals surface area contributed by atoms with Crippen molar-refractivity contribution in [3.8, 4) is 0 Å². The third-order valence-corrected chi connectivity index (χ3v) is 7.39. The first-order valence-electron chi connectivity index (χ1n) is 6.95. The Morgan fingerprint density at radius 2 is 1.95 bits per heavy atom. The highest BCUT2D eigenvalue weighted by Crippen LogP contribution is 2.70. The molecule has 2 aliphatic rings. The molecule has 0 amide bonds. The van der Waals surface area contributed by atoms with Crippen LogP contribution in [0.5, 0.6) is 0 Å². The van der Waals surface area contributed by atoms with Crippen LogP contribution in [0.1, 0.15) is 25.5 Å². The summed E-state index contributed by atoms with van der Waals surface area (Å²) in [6, 6.07) is 10.2. The van der Waals surface area contributed by atoms with Crippen LogP contribution in [0.3, 0.4) is 0 Å². The second kappa shape index (κ2) is 5.09. The number of hydrogen-bond acceptors (Lipinski definition) is 3. The number of hydrogen-bond donors (Lipinski definition) is 0. The predicted octanol–water partition coefficient (Wildman–Crippen LogP) is 3.09. The van der Waals surface area contributed by atoms with Crippen molar-refractivity contribution in [1.29, 1.82) is 0 Å². The molecule has 1 saturated heterocycles. The zero-order valence-corrected chi connectivity index (χ0v) is 13.0. The molecule has 0 saturated carbocycles. The summed E-state index contributed by atoms with van der Waals surface area (Å²) in [4.78, 5) is 13.4. The average Bonchev–Trinajstić information content (AvgIpc) is 2.98. The number of rotatable bonds is 2. The lowest BCUT2D eigenvalue weighted by molar-refractivity contribution is -0.201. The fraction of sp³-hybridized carbons (Fsp3) is 0.375. The van der Waals surface area contributed by atoms with E-state index in [0.29, 0.717) is 0 Å². The second-order valence-corrected chi connectivity index (χ2v) is 8.08. The van der Waals surface area contributed by atoms with Crippen LogP contribution in [0.15, 0.2) is 54.1 Å². The Morgan fingerprint density at radius 1 is 1.25 bits per heavy atom. The summed E-state index contributed by atoms with van der Waals surface area (Å²) in [5, 5.41) is 0. The zero-order valence-electron chi connectivity index (χ0n) is 12.1. The van der Waals surface area contributed by atoms with Crippen LogP contribution < -0.4 is 4.89 Å². The highest BCUT2D eigenvalue weighted by Gasteiger charge is 2.55. The van der Waals surface area contributed by atoms with Crippen molar-refractivity contribution in [2.45, 2.75) is 31.7 Å². The number of allylic oxidation sites excluding steroid dienone is 4. The maximum atomic E-state index is 13.4. The molecule has 0 aromatic heterocycles. The lowest BCUT2D eigenvalue weighted by atomic mass is 10.0. The van der Waals surface area contributed by atoms with Crippen molar-refractivity contribution in [1.82, 2.24) is 4.67 Å². The van der Waals surface area contributed by atoms with Crippen molar-refractivity contribution in [2.75, 3.05) is 7.05 Å². The van der Waals surface area contributed by atoms with Gasteiger partial charge < -0.3 is 4.89 Å². The van der Waals surface area contributed by atoms with Crippen molar-refractivity contribution < 1.29 is 9.42 Å². The molecule has 3 nitrogen and oxygen atoms in total. The summed E-state index contributed by atoms with van der Waals surface area (Å²) in [5.41, 5.74) is 2.10. The highest BCUT2D eigenvalue weighted by molar-refractivity contribution is 7.63. The Kier molecular flexibility index (Phi) is 3.55. The Balaban J connectivity index is 1.93. The first-order valence-corrected chi connectivity index (χ1v) is 8.60. The van der Waals surface area contributed by atoms with E-state index in [4.69, 9.17) is 4.52 Å². The molecule has 106 valence electrons. The lowest BCUT2D eigenvalue weighted by Crippen LogP contribution is -2.34. The van der Waals surface area contributed by atoms with Crippen molar-refractivity contribution in [3.05, 3.63) is 59.7 Å². The Labute approximate surface area is 121 Å². The van der Waals surface area contributed by atoms with Gasteiger partial charge in [-0.1, -0.05) is 42.5 Å². The summed E-state index contributed by atoms with van der Waals surface area (Å²) in [7, 11) is -0.954. The largest absolute Gasteiger partial charge is 0.640 e. The molecule has 1 heterocycles. The first-order chi connectivity index (χ1) is 9.54. The standard InChI is InChI=1S/C16H20NO2P/c1-12-8-7-11-15(12)20(18)17(3)13(2)16(19-20)14-9-5-4-6-10-14/h4-11,13,15-16H,1-3H3/t13-,15?,16-,20?/m0/s1. The van der Waals surface area contributed by atoms with E-state index in [1.54, 1.807) is 0 Å². The molecule has 3 rings (SSSR count). The molecule has 1 aromatic carbocycles. The second-order valence-electron chi connectivity index (χ2n) is 5.56. The lowest BCUT2D eigenvalue weighted by Gasteiger charge is -2.35. The minimum atomic E-state index is -2.86. The van der Waals surface area contributed by atoms with Crippen LogP contribution in [0.25, 0.3) is 0 Å². The minimum absolute atomic E-state index is 0.102. The molecule has 1 aromatic rings. The molecule has 1 fully saturated rings. The van der Waals surface area contributed by atoms with Crippen LogP contribution in [-0.4, -0.2) is 23.4 Å². The van der Waals surface area contributed by atoms with Crippen LogP contribution >= 0.6 is 7.87 Å². The molecule has 4 atom stereocenters. The number of likely N-dealkylation sites (N-methyl/N-ethyl adjacent to an activating group) is 1. The van der Waals surface area contributed by atoms with E-state index >= 15 is 0 Å². The maximum Gasteiger partial charge on any atom is 0.185 e. The number of nitrogens with zero attached hydrogens (tertiary/aromatic N) is 1. The fourth-order valence-corrected chi connectivity index (χ4v) is 5.79. The van der Waals surface area contributed by atoms with Crippen LogP contribution in [-0.2, 0) is 4.52 Å². The molecule has 1 aliphatic carbocycles. The Morgan fingerprint density at radius 3 is 2.55 bits per heavy atom. The van der Waals surface area contributed by atoms with Gasteiger partial charge in [0.15, 0.2) is 7.87 Å². The molecule has 0 N–H and O–H groups in total. The van der Waals surface area contributed by atoms with E-state index in [1.807, 2.05) is 67.2 Å². The Hall–Kier alpha value is -0.990. The van der Waals surface area contributed by atoms with E-state index in [-0.39, 0.29) is 17.8 Å². The van der Waals surface area contributed by atoms with E-state index in [9.17, 15) is 4.89 Å². The van der Waals surface area contributed by atoms with Crippen LogP contribution in [0.2, 0.25) is 0 Å². The van der Waals surface area contributed by atoms with Gasteiger partial charge in [0.2, 0.25) is 0 Å². The molecule has 20 heavy (non-hydrogen) atoms. The summed E-state index contributed by atoms with van der Waals surface area (Å²) < 4.78 is 8.04. The average molecular weight is 289 g/mol. The molecule has 4 heteroatoms. The molecular formula is C16H20NO2P. The van der Waals surface area contributed by atoms with Gasteiger partial charge in [-0.15, -0.1) is 0 Å². The quantitative estimate of drug-likeness (QED) is 0.785. The van der Waals surface area contributed by atoms with E-state index in [0.717, 1.165) is 11.1 Å². The Bertz CT molecular complexity index is 557. The van der Waals surface area contributed by atoms with Crippen LogP contribution in [0.4, 0.5) is 0 Å². The molecule has 2 unspecified atom stereocenters. The third kappa shape index (κ3) is 2.06. The predicted molar refractivity (Wildman–Crippen MR) is 81.1 cm³/mol. The molecule has 0 spiro atoms. The maximum absolute atomic E-state index is 13.4. The minimum Gasteiger partial charge on any atom is -0.640 e. The summed E-state index contributed by atoms with van der Waals surface area (Å²) in [5.74, 6) is 0. The SMILES string of the molecule is CC1=CC=CC1[P+]1([O-])O[C@H](c2ccccc2)[C@H](C)N1C. The molecule has 1 aliphatic heterocycles. The van der Waals surface area contributed by atoms with E-state index in [1.165, 1.54) is 0 Å². The smallest absolute Gasteiger partial charge is 0.185 e. The fourth-order valence-electron chi connectivity index (χ4n) is 2.95. The monoisotopic (exact) mass is 289 g/mol. The van der Waals surface area contributed by atoms with Crippen molar-refractivity contribution >= 4 is 7.87 Å². The topological polar surface area (TPSA) is 35.5 Å². The molecule has 0 radical (unpaired) electrons. The molecule has 0 bridgehead atoms. The van der Waals surface area contributed by atoms with Gasteiger partial charge in [0.05, 0.1) is 6.04 Å². The van der Waals surface area contributed by atoms with Gasteiger partial charge in [-0.3, -0.25) is 0 Å². The van der Waals surface area contributed by atoms with Gasteiger partial charge in [-0.05, 0) is 31.1 Å². The van der Waals surface area contributed by atoms with Crippen LogP contribution in [0, 0.1) is 0 Å². The van der Waals surface area contributed by atoms with Crippen molar-refractivity contribution in [3.63, 3.8) is 0 Å². The third-order valence-electron chi connectivity index (χ3n) is 4.33. The van der Waals surface area contributed by atoms with E-state index in [2.05, 4.69) is 6.92 Å². The van der Waals surface area contributed by atoms with Gasteiger partial charge in [0.25, 0.3) is 0 Å². The van der Waals surface area contributed by atoms with Gasteiger partial charge in [-0.2, -0.15) is 4.67 Å². The molecular weight excluding hydrogens is 269 g/mol. The zero-order chi connectivity index (χ0) is 14.3. The highest BCUT2D eigenvalue weighted by atomic mass is 31.2. The van der Waals surface area contributed by atoms with E-state index < -0.39 is 7.87 Å². The van der Waals surface area contributed by atoms with Gasteiger partial charge in [0, 0.05) is 7.05 Å². The summed E-state index contributed by atoms with van der Waals surface area (Å²) in [6.07, 6.45) is 5.85. The summed E-state index contributed by atoms with van der Waals surface area (Å²) in [6.45, 7) is 4.09. The van der Waals surface area contributed by atoms with Gasteiger partial charge in [-0.25, -0.2) is 4.52 Å². The van der Waals surface area contributed by atoms with Gasteiger partial charge >= 0.3 is 0 Å². The summed E-state index contributed by atoms with van der Waals surface area (Å²) >= 11 is 0. The first kappa shape index (κ1) is 14.0. The normalized spacial score (nSPS) is 37.4.